The summed E-state index contributed by atoms with van der Waals surface area (Å²) < 4.78 is 6.23. The molecule has 0 fully saturated rings. The highest BCUT2D eigenvalue weighted by molar-refractivity contribution is 9.10. The molecule has 1 N–H and O–H groups in total. The van der Waals surface area contributed by atoms with Crippen molar-refractivity contribution in [2.24, 2.45) is 0 Å². The topological polar surface area (TPSA) is 41.6 Å². The summed E-state index contributed by atoms with van der Waals surface area (Å²) in [6.07, 6.45) is 0. The van der Waals surface area contributed by atoms with Gasteiger partial charge in [0.15, 0.2) is 0 Å². The summed E-state index contributed by atoms with van der Waals surface area (Å²) in [5.41, 5.74) is 0.578. The third-order valence-electron chi connectivity index (χ3n) is 3.16. The van der Waals surface area contributed by atoms with Crippen LogP contribution in [0.4, 0.5) is 0 Å². The fraction of sp³-hybridized carbons (Fsp3) is 0.533. The van der Waals surface area contributed by atoms with Crippen LogP contribution in [0.3, 0.4) is 0 Å². The quantitative estimate of drug-likeness (QED) is 0.672. The van der Waals surface area contributed by atoms with Crippen molar-refractivity contribution in [2.75, 3.05) is 39.4 Å². The number of rotatable bonds is 9. The van der Waals surface area contributed by atoms with Crippen LogP contribution >= 0.6 is 27.5 Å². The number of amides is 1. The number of halogens is 2. The Bertz CT molecular complexity index is 453. The molecule has 1 aromatic rings. The average Bonchev–Trinajstić information content (AvgIpc) is 2.49. The molecule has 4 nitrogen and oxygen atoms in total. The summed E-state index contributed by atoms with van der Waals surface area (Å²) in [6.45, 7) is 8.94. The summed E-state index contributed by atoms with van der Waals surface area (Å²) in [7, 11) is 0. The highest BCUT2D eigenvalue weighted by Gasteiger charge is 2.07. The van der Waals surface area contributed by atoms with Gasteiger partial charge in [-0.2, -0.15) is 0 Å². The van der Waals surface area contributed by atoms with Gasteiger partial charge in [0, 0.05) is 23.1 Å². The van der Waals surface area contributed by atoms with Crippen LogP contribution in [-0.4, -0.2) is 50.2 Å². The zero-order valence-electron chi connectivity index (χ0n) is 12.5. The molecule has 0 atom stereocenters. The molecule has 1 amide bonds. The summed E-state index contributed by atoms with van der Waals surface area (Å²) >= 11 is 9.20. The van der Waals surface area contributed by atoms with Crippen molar-refractivity contribution in [3.05, 3.63) is 33.3 Å². The Hall–Kier alpha value is -0.620. The number of ether oxygens (including phenoxy) is 1. The molecule has 6 heteroatoms. The minimum absolute atomic E-state index is 0.125. The van der Waals surface area contributed by atoms with Crippen molar-refractivity contribution in [2.45, 2.75) is 13.8 Å². The van der Waals surface area contributed by atoms with E-state index in [0.29, 0.717) is 34.8 Å². The van der Waals surface area contributed by atoms with E-state index in [1.54, 1.807) is 18.2 Å². The molecule has 0 heterocycles. The number of carbonyl (C=O) groups is 1. The van der Waals surface area contributed by atoms with E-state index in [4.69, 9.17) is 16.3 Å². The standard InChI is InChI=1S/C15H22BrClN2O2/c1-3-19(4-2)8-10-21-9-7-18-15(20)12-5-6-14(17)13(16)11-12/h5-6,11H,3-4,7-10H2,1-2H3,(H,18,20). The van der Waals surface area contributed by atoms with Crippen LogP contribution in [0, 0.1) is 0 Å². The van der Waals surface area contributed by atoms with E-state index >= 15 is 0 Å². The fourth-order valence-corrected chi connectivity index (χ4v) is 2.31. The van der Waals surface area contributed by atoms with Gasteiger partial charge in [0.1, 0.15) is 0 Å². The lowest BCUT2D eigenvalue weighted by Gasteiger charge is -2.17. The Morgan fingerprint density at radius 3 is 2.67 bits per heavy atom. The molecule has 1 rings (SSSR count). The molecule has 0 saturated carbocycles. The van der Waals surface area contributed by atoms with Crippen LogP contribution in [0.15, 0.2) is 22.7 Å². The van der Waals surface area contributed by atoms with Gasteiger partial charge in [-0.05, 0) is 47.2 Å². The summed E-state index contributed by atoms with van der Waals surface area (Å²) in [4.78, 5) is 14.2. The van der Waals surface area contributed by atoms with Crippen LogP contribution in [0.5, 0.6) is 0 Å². The number of nitrogens with zero attached hydrogens (tertiary/aromatic N) is 1. The second-order valence-electron chi connectivity index (χ2n) is 4.52. The molecule has 0 bridgehead atoms. The summed E-state index contributed by atoms with van der Waals surface area (Å²) in [6, 6.07) is 5.10. The van der Waals surface area contributed by atoms with Gasteiger partial charge in [0.25, 0.3) is 5.91 Å². The number of nitrogens with one attached hydrogen (secondary N) is 1. The first-order valence-electron chi connectivity index (χ1n) is 7.11. The van der Waals surface area contributed by atoms with Crippen molar-refractivity contribution < 1.29 is 9.53 Å². The molecule has 0 aliphatic carbocycles. The maximum Gasteiger partial charge on any atom is 0.251 e. The molecule has 0 aliphatic rings. The van der Waals surface area contributed by atoms with Crippen LogP contribution in [0.25, 0.3) is 0 Å². The summed E-state index contributed by atoms with van der Waals surface area (Å²) in [5.74, 6) is -0.125. The largest absolute Gasteiger partial charge is 0.378 e. The Kier molecular flexibility index (Phi) is 8.92. The van der Waals surface area contributed by atoms with E-state index in [1.807, 2.05) is 0 Å². The molecule has 0 aromatic heterocycles. The maximum atomic E-state index is 11.9. The van der Waals surface area contributed by atoms with E-state index < -0.39 is 0 Å². The second kappa shape index (κ2) is 10.2. The van der Waals surface area contributed by atoms with Crippen molar-refractivity contribution >= 4 is 33.4 Å². The molecule has 118 valence electrons. The number of likely N-dealkylation sites (N-methyl/N-ethyl adjacent to an activating group) is 1. The molecule has 0 radical (unpaired) electrons. The van der Waals surface area contributed by atoms with E-state index in [2.05, 4.69) is 40.0 Å². The van der Waals surface area contributed by atoms with Crippen molar-refractivity contribution in [3.8, 4) is 0 Å². The third kappa shape index (κ3) is 6.78. The van der Waals surface area contributed by atoms with Gasteiger partial charge in [0.05, 0.1) is 18.2 Å². The zero-order valence-corrected chi connectivity index (χ0v) is 14.8. The Morgan fingerprint density at radius 2 is 2.05 bits per heavy atom. The van der Waals surface area contributed by atoms with E-state index in [9.17, 15) is 4.79 Å². The smallest absolute Gasteiger partial charge is 0.251 e. The predicted molar refractivity (Wildman–Crippen MR) is 90.1 cm³/mol. The predicted octanol–water partition coefficient (Wildman–Crippen LogP) is 3.19. The molecular formula is C15H22BrClN2O2. The Morgan fingerprint density at radius 1 is 1.33 bits per heavy atom. The van der Waals surface area contributed by atoms with Crippen LogP contribution in [0.2, 0.25) is 5.02 Å². The normalized spacial score (nSPS) is 10.9. The van der Waals surface area contributed by atoms with Crippen LogP contribution in [0.1, 0.15) is 24.2 Å². The van der Waals surface area contributed by atoms with Gasteiger partial charge in [-0.25, -0.2) is 0 Å². The number of hydrogen-bond acceptors (Lipinski definition) is 3. The minimum atomic E-state index is -0.125. The highest BCUT2D eigenvalue weighted by atomic mass is 79.9. The third-order valence-corrected chi connectivity index (χ3v) is 4.37. The first-order chi connectivity index (χ1) is 10.1. The zero-order chi connectivity index (χ0) is 15.7. The molecule has 21 heavy (non-hydrogen) atoms. The van der Waals surface area contributed by atoms with Crippen LogP contribution < -0.4 is 5.32 Å². The van der Waals surface area contributed by atoms with Crippen LogP contribution in [-0.2, 0) is 4.74 Å². The van der Waals surface area contributed by atoms with Gasteiger partial charge in [-0.1, -0.05) is 25.4 Å². The number of hydrogen-bond donors (Lipinski definition) is 1. The van der Waals surface area contributed by atoms with Gasteiger partial charge in [0.2, 0.25) is 0 Å². The molecule has 0 aliphatic heterocycles. The summed E-state index contributed by atoms with van der Waals surface area (Å²) in [5, 5.41) is 3.41. The average molecular weight is 378 g/mol. The monoisotopic (exact) mass is 376 g/mol. The molecule has 0 saturated heterocycles. The van der Waals surface area contributed by atoms with Gasteiger partial charge < -0.3 is 15.0 Å². The van der Waals surface area contributed by atoms with E-state index in [-0.39, 0.29) is 5.91 Å². The fourth-order valence-electron chi connectivity index (χ4n) is 1.81. The lowest BCUT2D eigenvalue weighted by Crippen LogP contribution is -2.30. The lowest BCUT2D eigenvalue weighted by molar-refractivity contribution is 0.0884. The SMILES string of the molecule is CCN(CC)CCOCCNC(=O)c1ccc(Cl)c(Br)c1. The second-order valence-corrected chi connectivity index (χ2v) is 5.79. The van der Waals surface area contributed by atoms with Gasteiger partial charge >= 0.3 is 0 Å². The lowest BCUT2D eigenvalue weighted by atomic mass is 10.2. The van der Waals surface area contributed by atoms with E-state index in [0.717, 1.165) is 19.6 Å². The van der Waals surface area contributed by atoms with Crippen molar-refractivity contribution in [3.63, 3.8) is 0 Å². The molecule has 0 unspecified atom stereocenters. The number of benzene rings is 1. The first-order valence-corrected chi connectivity index (χ1v) is 8.28. The highest BCUT2D eigenvalue weighted by Crippen LogP contribution is 2.23. The molecule has 1 aromatic carbocycles. The molecular weight excluding hydrogens is 356 g/mol. The van der Waals surface area contributed by atoms with Gasteiger partial charge in [-0.3, -0.25) is 4.79 Å². The minimum Gasteiger partial charge on any atom is -0.378 e. The van der Waals surface area contributed by atoms with Crippen molar-refractivity contribution in [1.82, 2.24) is 10.2 Å². The maximum absolute atomic E-state index is 11.9. The number of carbonyl (C=O) groups excluding carboxylic acids is 1. The molecule has 0 spiro atoms. The van der Waals surface area contributed by atoms with Crippen molar-refractivity contribution in [1.29, 1.82) is 0 Å². The van der Waals surface area contributed by atoms with Gasteiger partial charge in [-0.15, -0.1) is 0 Å². The van der Waals surface area contributed by atoms with E-state index in [1.165, 1.54) is 0 Å². The Labute approximate surface area is 139 Å². The first kappa shape index (κ1) is 18.4. The Balaban J connectivity index is 2.20.